The van der Waals surface area contributed by atoms with Crippen molar-refractivity contribution in [2.45, 2.75) is 49.8 Å². The molecule has 0 radical (unpaired) electrons. The number of sulfonamides is 1. The van der Waals surface area contributed by atoms with E-state index in [1.54, 1.807) is 21.3 Å². The minimum absolute atomic E-state index is 0.0618. The molecule has 154 valence electrons. The van der Waals surface area contributed by atoms with Crippen molar-refractivity contribution in [2.75, 3.05) is 39.3 Å². The third-order valence-corrected chi connectivity index (χ3v) is 8.86. The highest BCUT2D eigenvalue weighted by molar-refractivity contribution is 7.89. The number of hydrogen-bond acceptors (Lipinski definition) is 4. The molecule has 3 saturated heterocycles. The Kier molecular flexibility index (Phi) is 6.04. The summed E-state index contributed by atoms with van der Waals surface area (Å²) in [4.78, 5) is 17.0. The number of rotatable bonds is 4. The monoisotopic (exact) mass is 405 g/mol. The van der Waals surface area contributed by atoms with E-state index < -0.39 is 15.3 Å². The molecule has 1 unspecified atom stereocenters. The highest BCUT2D eigenvalue weighted by atomic mass is 32.2. The lowest BCUT2D eigenvalue weighted by molar-refractivity contribution is 0.0725. The topological polar surface area (TPSA) is 60.9 Å². The molecule has 3 fully saturated rings. The maximum Gasteiger partial charge on any atom is 0.253 e. The molecule has 1 atom stereocenters. The smallest absolute Gasteiger partial charge is 0.253 e. The molecule has 1 aromatic rings. The van der Waals surface area contributed by atoms with Gasteiger partial charge in [0.05, 0.1) is 5.25 Å². The minimum Gasteiger partial charge on any atom is -0.337 e. The van der Waals surface area contributed by atoms with Gasteiger partial charge in [-0.1, -0.05) is 18.2 Å². The fourth-order valence-electron chi connectivity index (χ4n) is 4.91. The zero-order valence-corrected chi connectivity index (χ0v) is 17.3. The predicted octanol–water partition coefficient (Wildman–Crippen LogP) is 2.18. The fraction of sp³-hybridized carbons (Fsp3) is 0.667. The molecule has 3 heterocycles. The van der Waals surface area contributed by atoms with Crippen molar-refractivity contribution in [2.24, 2.45) is 0 Å². The molecule has 0 aliphatic carbocycles. The third kappa shape index (κ3) is 4.11. The van der Waals surface area contributed by atoms with Crippen LogP contribution in [0.15, 0.2) is 30.3 Å². The molecular weight excluding hydrogens is 374 g/mol. The van der Waals surface area contributed by atoms with Gasteiger partial charge in [-0.05, 0) is 63.7 Å². The average molecular weight is 406 g/mol. The lowest BCUT2D eigenvalue weighted by Gasteiger charge is -2.39. The van der Waals surface area contributed by atoms with E-state index in [4.69, 9.17) is 0 Å². The van der Waals surface area contributed by atoms with Crippen molar-refractivity contribution in [3.63, 3.8) is 0 Å². The van der Waals surface area contributed by atoms with Crippen LogP contribution in [-0.4, -0.2) is 79.0 Å². The van der Waals surface area contributed by atoms with Crippen LogP contribution in [0.4, 0.5) is 0 Å². The van der Waals surface area contributed by atoms with Crippen molar-refractivity contribution in [3.8, 4) is 0 Å². The molecule has 1 aromatic carbocycles. The van der Waals surface area contributed by atoms with Crippen LogP contribution in [0.2, 0.25) is 0 Å². The normalized spacial score (nSPS) is 25.9. The lowest BCUT2D eigenvalue weighted by atomic mass is 10.1. The third-order valence-electron chi connectivity index (χ3n) is 6.55. The summed E-state index contributed by atoms with van der Waals surface area (Å²) in [6.07, 6.45) is 5.79. The Bertz CT molecular complexity index is 769. The quantitative estimate of drug-likeness (QED) is 0.770. The Hall–Kier alpha value is -1.44. The molecular formula is C21H31N3O3S. The van der Waals surface area contributed by atoms with Gasteiger partial charge in [-0.2, -0.15) is 0 Å². The van der Waals surface area contributed by atoms with Gasteiger partial charge in [0.2, 0.25) is 10.0 Å². The Morgan fingerprint density at radius 1 is 0.857 bits per heavy atom. The Balaban J connectivity index is 1.38. The van der Waals surface area contributed by atoms with E-state index in [0.717, 1.165) is 32.4 Å². The number of likely N-dealkylation sites (tertiary alicyclic amines) is 2. The van der Waals surface area contributed by atoms with Crippen LogP contribution in [0.5, 0.6) is 0 Å². The van der Waals surface area contributed by atoms with Crippen molar-refractivity contribution in [1.82, 2.24) is 14.1 Å². The molecule has 6 nitrogen and oxygen atoms in total. The molecule has 0 aromatic heterocycles. The summed E-state index contributed by atoms with van der Waals surface area (Å²) in [6.45, 7) is 4.51. The van der Waals surface area contributed by atoms with E-state index in [2.05, 4.69) is 4.90 Å². The van der Waals surface area contributed by atoms with Gasteiger partial charge in [0, 0.05) is 37.8 Å². The standard InChI is InChI=1S/C21H31N3O3S/c25-21(18-7-2-1-3-8-18)23-14-6-9-20(17-23)28(26,27)24-15-10-19(11-16-24)22-12-4-5-13-22/h1-3,7-8,19-20H,4-6,9-17H2. The average Bonchev–Trinajstić information content (AvgIpc) is 3.29. The van der Waals surface area contributed by atoms with Crippen molar-refractivity contribution in [3.05, 3.63) is 35.9 Å². The molecule has 4 rings (SSSR count). The first-order chi connectivity index (χ1) is 13.6. The van der Waals surface area contributed by atoms with Gasteiger partial charge in [0.25, 0.3) is 5.91 Å². The highest BCUT2D eigenvalue weighted by Gasteiger charge is 2.39. The molecule has 7 heteroatoms. The number of nitrogens with zero attached hydrogens (tertiary/aromatic N) is 3. The second kappa shape index (κ2) is 8.51. The van der Waals surface area contributed by atoms with E-state index in [9.17, 15) is 13.2 Å². The Morgan fingerprint density at radius 3 is 2.21 bits per heavy atom. The number of amides is 1. The molecule has 3 aliphatic heterocycles. The fourth-order valence-corrected chi connectivity index (χ4v) is 6.88. The van der Waals surface area contributed by atoms with Gasteiger partial charge in [0.1, 0.15) is 0 Å². The zero-order valence-electron chi connectivity index (χ0n) is 16.5. The van der Waals surface area contributed by atoms with Crippen molar-refractivity contribution < 1.29 is 13.2 Å². The van der Waals surface area contributed by atoms with Gasteiger partial charge >= 0.3 is 0 Å². The maximum absolute atomic E-state index is 13.2. The van der Waals surface area contributed by atoms with Gasteiger partial charge in [-0.3, -0.25) is 4.79 Å². The van der Waals surface area contributed by atoms with Crippen LogP contribution in [0.1, 0.15) is 48.9 Å². The number of carbonyl (C=O) groups is 1. The number of hydrogen-bond donors (Lipinski definition) is 0. The molecule has 3 aliphatic rings. The first-order valence-electron chi connectivity index (χ1n) is 10.6. The summed E-state index contributed by atoms with van der Waals surface area (Å²) in [5.41, 5.74) is 0.631. The van der Waals surface area contributed by atoms with E-state index in [1.807, 2.05) is 18.2 Å². The largest absolute Gasteiger partial charge is 0.337 e. The summed E-state index contributed by atoms with van der Waals surface area (Å²) >= 11 is 0. The van der Waals surface area contributed by atoms with Gasteiger partial charge in [-0.25, -0.2) is 12.7 Å². The van der Waals surface area contributed by atoms with Gasteiger partial charge in [0.15, 0.2) is 0 Å². The van der Waals surface area contributed by atoms with E-state index in [1.165, 1.54) is 12.8 Å². The SMILES string of the molecule is O=C(c1ccccc1)N1CCCC(S(=O)(=O)N2CCC(N3CCCC3)CC2)C1. The van der Waals surface area contributed by atoms with Crippen LogP contribution in [0, 0.1) is 0 Å². The lowest BCUT2D eigenvalue weighted by Crippen LogP contribution is -2.52. The summed E-state index contributed by atoms with van der Waals surface area (Å²) in [5, 5.41) is -0.475. The molecule has 0 N–H and O–H groups in total. The Labute approximate surface area is 168 Å². The van der Waals surface area contributed by atoms with Crippen LogP contribution < -0.4 is 0 Å². The van der Waals surface area contributed by atoms with E-state index in [-0.39, 0.29) is 5.91 Å². The van der Waals surface area contributed by atoms with E-state index in [0.29, 0.717) is 44.2 Å². The van der Waals surface area contributed by atoms with Gasteiger partial charge in [-0.15, -0.1) is 0 Å². The van der Waals surface area contributed by atoms with Crippen LogP contribution >= 0.6 is 0 Å². The number of carbonyl (C=O) groups excluding carboxylic acids is 1. The van der Waals surface area contributed by atoms with Crippen LogP contribution in [-0.2, 0) is 10.0 Å². The first-order valence-corrected chi connectivity index (χ1v) is 12.1. The summed E-state index contributed by atoms with van der Waals surface area (Å²) < 4.78 is 28.2. The minimum atomic E-state index is -3.36. The Morgan fingerprint density at radius 2 is 1.54 bits per heavy atom. The zero-order chi connectivity index (χ0) is 19.6. The molecule has 0 bridgehead atoms. The highest BCUT2D eigenvalue weighted by Crippen LogP contribution is 2.27. The summed E-state index contributed by atoms with van der Waals surface area (Å²) in [6, 6.07) is 9.70. The van der Waals surface area contributed by atoms with Crippen LogP contribution in [0.3, 0.4) is 0 Å². The van der Waals surface area contributed by atoms with Crippen molar-refractivity contribution >= 4 is 15.9 Å². The second-order valence-corrected chi connectivity index (χ2v) is 10.5. The summed E-state index contributed by atoms with van der Waals surface area (Å²) in [7, 11) is -3.36. The second-order valence-electron chi connectivity index (χ2n) is 8.30. The number of piperidine rings is 2. The summed E-state index contributed by atoms with van der Waals surface area (Å²) in [5.74, 6) is -0.0618. The van der Waals surface area contributed by atoms with Crippen LogP contribution in [0.25, 0.3) is 0 Å². The van der Waals surface area contributed by atoms with Gasteiger partial charge < -0.3 is 9.80 Å². The number of benzene rings is 1. The predicted molar refractivity (Wildman–Crippen MR) is 110 cm³/mol. The molecule has 0 spiro atoms. The first kappa shape index (κ1) is 19.9. The molecule has 28 heavy (non-hydrogen) atoms. The maximum atomic E-state index is 13.2. The molecule has 1 amide bonds. The van der Waals surface area contributed by atoms with Crippen molar-refractivity contribution in [1.29, 1.82) is 0 Å². The van der Waals surface area contributed by atoms with E-state index >= 15 is 0 Å². The molecule has 0 saturated carbocycles.